The van der Waals surface area contributed by atoms with Crippen molar-refractivity contribution in [2.75, 3.05) is 44.9 Å². The minimum atomic E-state index is -0.745. The van der Waals surface area contributed by atoms with Gasteiger partial charge in [-0.1, -0.05) is 30.3 Å². The first-order chi connectivity index (χ1) is 15.6. The summed E-state index contributed by atoms with van der Waals surface area (Å²) < 4.78 is 31.3. The largest absolute Gasteiger partial charge is 0.462 e. The van der Waals surface area contributed by atoms with Crippen molar-refractivity contribution < 1.29 is 18.3 Å². The Morgan fingerprint density at radius 3 is 2.62 bits per heavy atom. The Labute approximate surface area is 184 Å². The average Bonchev–Trinajstić information content (AvgIpc) is 3.32. The first-order valence-electron chi connectivity index (χ1n) is 10.6. The lowest BCUT2D eigenvalue weighted by molar-refractivity contribution is 0.0736. The molecule has 0 spiro atoms. The highest BCUT2D eigenvalue weighted by Gasteiger charge is 2.28. The minimum absolute atomic E-state index is 0.0978. The van der Waals surface area contributed by atoms with Crippen LogP contribution in [0.1, 0.15) is 17.4 Å². The number of likely N-dealkylation sites (N-methyl/N-ethyl adjacent to an activating group) is 1. The van der Waals surface area contributed by atoms with Crippen LogP contribution >= 0.6 is 0 Å². The summed E-state index contributed by atoms with van der Waals surface area (Å²) >= 11 is 0. The summed E-state index contributed by atoms with van der Waals surface area (Å²) in [5.41, 5.74) is 1.27. The third-order valence-electron chi connectivity index (χ3n) is 5.97. The molecule has 1 atom stereocenters. The van der Waals surface area contributed by atoms with Gasteiger partial charge in [-0.05, 0) is 31.2 Å². The third kappa shape index (κ3) is 4.05. The molecule has 1 saturated heterocycles. The molecule has 3 aromatic rings. The summed E-state index contributed by atoms with van der Waals surface area (Å²) in [4.78, 5) is 21.7. The average molecular weight is 437 g/mol. The predicted octanol–water partition coefficient (Wildman–Crippen LogP) is 3.25. The number of anilines is 1. The van der Waals surface area contributed by atoms with E-state index in [0.29, 0.717) is 17.9 Å². The van der Waals surface area contributed by atoms with E-state index in [1.165, 1.54) is 12.3 Å². The van der Waals surface area contributed by atoms with E-state index in [1.807, 2.05) is 30.3 Å². The van der Waals surface area contributed by atoms with Crippen molar-refractivity contribution in [2.24, 2.45) is 0 Å². The van der Waals surface area contributed by atoms with E-state index in [2.05, 4.69) is 21.8 Å². The zero-order valence-electron chi connectivity index (χ0n) is 17.8. The molecule has 1 fully saturated rings. The highest BCUT2D eigenvalue weighted by atomic mass is 19.1. The molecule has 0 N–H and O–H groups in total. The molecule has 2 aromatic carbocycles. The molecule has 2 aliphatic rings. The number of halogens is 1. The van der Waals surface area contributed by atoms with Crippen LogP contribution in [0.2, 0.25) is 0 Å². The smallest absolute Gasteiger partial charge is 0.349 e. The van der Waals surface area contributed by atoms with Crippen LogP contribution in [0.5, 0.6) is 0 Å². The highest BCUT2D eigenvalue weighted by molar-refractivity contribution is 5.82. The Morgan fingerprint density at radius 1 is 1.12 bits per heavy atom. The van der Waals surface area contributed by atoms with E-state index < -0.39 is 17.4 Å². The Morgan fingerprint density at radius 2 is 1.91 bits per heavy atom. The molecule has 7 nitrogen and oxygen atoms in total. The first kappa shape index (κ1) is 20.5. The van der Waals surface area contributed by atoms with Gasteiger partial charge in [-0.25, -0.2) is 14.2 Å². The fourth-order valence-electron chi connectivity index (χ4n) is 4.15. The Hall–Kier alpha value is -3.39. The summed E-state index contributed by atoms with van der Waals surface area (Å²) in [7, 11) is 2.06. The molecule has 0 saturated carbocycles. The van der Waals surface area contributed by atoms with Crippen molar-refractivity contribution in [3.05, 3.63) is 82.2 Å². The Kier molecular flexibility index (Phi) is 5.53. The van der Waals surface area contributed by atoms with Crippen molar-refractivity contribution in [2.45, 2.75) is 12.3 Å². The molecule has 32 heavy (non-hydrogen) atoms. The number of hydrogen-bond acceptors (Lipinski definition) is 7. The molecular weight excluding hydrogens is 413 g/mol. The number of aromatic nitrogens is 1. The van der Waals surface area contributed by atoms with Crippen LogP contribution in [0.4, 0.5) is 10.1 Å². The fourth-order valence-corrected chi connectivity index (χ4v) is 4.15. The summed E-state index contributed by atoms with van der Waals surface area (Å²) in [5.74, 6) is -0.381. The Bertz CT molecular complexity index is 1200. The lowest BCUT2D eigenvalue weighted by Crippen LogP contribution is -2.44. The quantitative estimate of drug-likeness (QED) is 0.607. The van der Waals surface area contributed by atoms with Crippen LogP contribution in [0.15, 0.2) is 63.7 Å². The van der Waals surface area contributed by atoms with Gasteiger partial charge in [0.15, 0.2) is 0 Å². The standard InChI is InChI=1S/C24H24FN3O4/c1-27-7-9-28(10-8-27)17-12-19(25)22-20(13-17)26-23(32-24(22)29)18(21-14-30-15-31-21)11-16-5-3-2-4-6-16/h2-6,12-14,18H,7-11,15H2,1H3. The SMILES string of the molecule is CN1CCN(c2cc(F)c3c(=O)oc(C(Cc4ccccc4)C4=COCO4)nc3c2)CC1. The molecule has 0 amide bonds. The van der Waals surface area contributed by atoms with Crippen LogP contribution in [0.3, 0.4) is 0 Å². The number of nitrogens with zero attached hydrogens (tertiary/aromatic N) is 3. The van der Waals surface area contributed by atoms with Gasteiger partial charge in [-0.2, -0.15) is 0 Å². The number of hydrogen-bond donors (Lipinski definition) is 0. The molecule has 8 heteroatoms. The lowest BCUT2D eigenvalue weighted by atomic mass is 9.97. The van der Waals surface area contributed by atoms with Crippen molar-refractivity contribution in [3.8, 4) is 0 Å². The van der Waals surface area contributed by atoms with Gasteiger partial charge in [-0.15, -0.1) is 0 Å². The van der Waals surface area contributed by atoms with E-state index in [9.17, 15) is 9.18 Å². The predicted molar refractivity (Wildman–Crippen MR) is 118 cm³/mol. The molecule has 1 aromatic heterocycles. The normalized spacial score (nSPS) is 17.7. The van der Waals surface area contributed by atoms with Gasteiger partial charge in [0, 0.05) is 31.9 Å². The first-order valence-corrected chi connectivity index (χ1v) is 10.6. The van der Waals surface area contributed by atoms with Gasteiger partial charge in [0.2, 0.25) is 12.7 Å². The van der Waals surface area contributed by atoms with Crippen LogP contribution < -0.4 is 10.5 Å². The highest BCUT2D eigenvalue weighted by Crippen LogP contribution is 2.32. The summed E-state index contributed by atoms with van der Waals surface area (Å²) in [6, 6.07) is 12.9. The van der Waals surface area contributed by atoms with Crippen molar-refractivity contribution in [1.82, 2.24) is 9.88 Å². The maximum atomic E-state index is 14.9. The zero-order chi connectivity index (χ0) is 22.1. The van der Waals surface area contributed by atoms with Gasteiger partial charge in [0.1, 0.15) is 29.1 Å². The fraction of sp³-hybridized carbons (Fsp3) is 0.333. The van der Waals surface area contributed by atoms with E-state index in [-0.39, 0.29) is 23.6 Å². The van der Waals surface area contributed by atoms with Crippen LogP contribution in [-0.2, 0) is 15.9 Å². The van der Waals surface area contributed by atoms with Crippen molar-refractivity contribution in [3.63, 3.8) is 0 Å². The molecule has 166 valence electrons. The number of piperazine rings is 1. The number of ether oxygens (including phenoxy) is 2. The number of benzene rings is 2. The number of fused-ring (bicyclic) bond motifs is 1. The molecule has 5 rings (SSSR count). The van der Waals surface area contributed by atoms with Crippen molar-refractivity contribution in [1.29, 1.82) is 0 Å². The molecule has 0 radical (unpaired) electrons. The molecule has 3 heterocycles. The molecule has 0 bridgehead atoms. The van der Waals surface area contributed by atoms with Gasteiger partial charge in [0.05, 0.1) is 5.52 Å². The second-order valence-electron chi connectivity index (χ2n) is 8.14. The lowest BCUT2D eigenvalue weighted by Gasteiger charge is -2.34. The topological polar surface area (TPSA) is 68.0 Å². The van der Waals surface area contributed by atoms with E-state index in [0.717, 1.165) is 31.7 Å². The maximum absolute atomic E-state index is 14.9. The van der Waals surface area contributed by atoms with Crippen LogP contribution in [0, 0.1) is 5.82 Å². The number of rotatable bonds is 5. The molecular formula is C24H24FN3O4. The van der Waals surface area contributed by atoms with E-state index in [1.54, 1.807) is 6.07 Å². The van der Waals surface area contributed by atoms with Gasteiger partial charge >= 0.3 is 5.63 Å². The third-order valence-corrected chi connectivity index (χ3v) is 5.97. The van der Waals surface area contributed by atoms with Crippen LogP contribution in [0.25, 0.3) is 10.9 Å². The molecule has 1 unspecified atom stereocenters. The maximum Gasteiger partial charge on any atom is 0.349 e. The van der Waals surface area contributed by atoms with Gasteiger partial charge in [0.25, 0.3) is 0 Å². The minimum Gasteiger partial charge on any atom is -0.462 e. The van der Waals surface area contributed by atoms with Gasteiger partial charge < -0.3 is 23.7 Å². The van der Waals surface area contributed by atoms with E-state index >= 15 is 0 Å². The second-order valence-corrected chi connectivity index (χ2v) is 8.14. The second kappa shape index (κ2) is 8.63. The molecule has 0 aliphatic carbocycles. The number of allylic oxidation sites excluding steroid dienone is 1. The monoisotopic (exact) mass is 437 g/mol. The summed E-state index contributed by atoms with van der Waals surface area (Å²) in [6.07, 6.45) is 2.01. The van der Waals surface area contributed by atoms with E-state index in [4.69, 9.17) is 13.9 Å². The zero-order valence-corrected chi connectivity index (χ0v) is 17.8. The summed E-state index contributed by atoms with van der Waals surface area (Å²) in [5, 5.41) is -0.136. The summed E-state index contributed by atoms with van der Waals surface area (Å²) in [6.45, 7) is 3.44. The van der Waals surface area contributed by atoms with Gasteiger partial charge in [-0.3, -0.25) is 0 Å². The Balaban J connectivity index is 1.57. The molecule has 2 aliphatic heterocycles. The van der Waals surface area contributed by atoms with Crippen LogP contribution in [-0.4, -0.2) is 49.9 Å². The van der Waals surface area contributed by atoms with Crippen molar-refractivity contribution >= 4 is 16.6 Å².